The first-order valence-electron chi connectivity index (χ1n) is 5.59. The second-order valence-corrected chi connectivity index (χ2v) is 5.04. The second kappa shape index (κ2) is 5.31. The molecule has 0 amide bonds. The van der Waals surface area contributed by atoms with E-state index in [-0.39, 0.29) is 11.7 Å². The van der Waals surface area contributed by atoms with Crippen LogP contribution in [0.3, 0.4) is 0 Å². The van der Waals surface area contributed by atoms with E-state index in [9.17, 15) is 14.5 Å². The van der Waals surface area contributed by atoms with Crippen LogP contribution in [0.5, 0.6) is 0 Å². The maximum Gasteiger partial charge on any atom is 0.274 e. The van der Waals surface area contributed by atoms with Crippen LogP contribution in [-0.4, -0.2) is 9.91 Å². The molecule has 7 heteroatoms. The van der Waals surface area contributed by atoms with Crippen LogP contribution in [0, 0.1) is 22.9 Å². The lowest BCUT2D eigenvalue weighted by Gasteiger charge is -2.12. The number of nitrogens with zero attached hydrogens (tertiary/aromatic N) is 2. The highest BCUT2D eigenvalue weighted by Gasteiger charge is 2.13. The third kappa shape index (κ3) is 3.25. The van der Waals surface area contributed by atoms with Gasteiger partial charge in [-0.1, -0.05) is 0 Å². The molecule has 19 heavy (non-hydrogen) atoms. The van der Waals surface area contributed by atoms with Crippen LogP contribution in [0.1, 0.15) is 23.7 Å². The lowest BCUT2D eigenvalue weighted by atomic mass is 10.2. The highest BCUT2D eigenvalue weighted by Crippen LogP contribution is 2.25. The van der Waals surface area contributed by atoms with E-state index in [4.69, 9.17) is 0 Å². The topological polar surface area (TPSA) is 68.1 Å². The second-order valence-electron chi connectivity index (χ2n) is 4.15. The van der Waals surface area contributed by atoms with Gasteiger partial charge in [-0.2, -0.15) is 0 Å². The van der Waals surface area contributed by atoms with Crippen LogP contribution >= 0.6 is 11.3 Å². The van der Waals surface area contributed by atoms with Gasteiger partial charge in [0.05, 0.1) is 17.0 Å². The zero-order valence-corrected chi connectivity index (χ0v) is 11.2. The van der Waals surface area contributed by atoms with Crippen LogP contribution in [0.25, 0.3) is 0 Å². The van der Waals surface area contributed by atoms with Crippen molar-refractivity contribution < 1.29 is 9.31 Å². The molecule has 1 aromatic carbocycles. The number of hydrogen-bond acceptors (Lipinski definition) is 5. The van der Waals surface area contributed by atoms with Gasteiger partial charge >= 0.3 is 0 Å². The van der Waals surface area contributed by atoms with Crippen LogP contribution < -0.4 is 5.32 Å². The minimum atomic E-state index is -0.640. The van der Waals surface area contributed by atoms with E-state index in [1.165, 1.54) is 23.5 Å². The molecule has 1 aromatic heterocycles. The summed E-state index contributed by atoms with van der Waals surface area (Å²) in [6.07, 6.45) is 0. The number of nitro groups is 1. The van der Waals surface area contributed by atoms with E-state index >= 15 is 0 Å². The van der Waals surface area contributed by atoms with Gasteiger partial charge in [-0.3, -0.25) is 10.1 Å². The van der Waals surface area contributed by atoms with Gasteiger partial charge in [-0.15, -0.1) is 11.3 Å². The van der Waals surface area contributed by atoms with E-state index < -0.39 is 10.7 Å². The molecule has 0 spiro atoms. The van der Waals surface area contributed by atoms with Crippen molar-refractivity contribution in [3.63, 3.8) is 0 Å². The molecule has 0 fully saturated rings. The maximum absolute atomic E-state index is 13.3. The Balaban J connectivity index is 2.21. The molecular formula is C12H12FN3O2S. The summed E-state index contributed by atoms with van der Waals surface area (Å²) in [7, 11) is 0. The van der Waals surface area contributed by atoms with Crippen LogP contribution in [0.2, 0.25) is 0 Å². The van der Waals surface area contributed by atoms with E-state index in [2.05, 4.69) is 10.3 Å². The Morgan fingerprint density at radius 3 is 2.79 bits per heavy atom. The molecule has 0 saturated heterocycles. The smallest absolute Gasteiger partial charge is 0.274 e. The number of aromatic nitrogens is 1. The fourth-order valence-electron chi connectivity index (χ4n) is 1.65. The van der Waals surface area contributed by atoms with Gasteiger partial charge in [0, 0.05) is 22.8 Å². The SMILES string of the molecule is Cc1csc(C(C)Nc2cc(F)cc([N+](=O)[O-])c2)n1. The molecule has 2 rings (SSSR count). The normalized spacial score (nSPS) is 12.2. The number of benzene rings is 1. The molecule has 1 atom stereocenters. The minimum Gasteiger partial charge on any atom is -0.376 e. The Morgan fingerprint density at radius 1 is 1.47 bits per heavy atom. The first kappa shape index (κ1) is 13.4. The average molecular weight is 281 g/mol. The van der Waals surface area contributed by atoms with Gasteiger partial charge in [-0.25, -0.2) is 9.37 Å². The summed E-state index contributed by atoms with van der Waals surface area (Å²) in [4.78, 5) is 14.4. The van der Waals surface area contributed by atoms with Gasteiger partial charge < -0.3 is 5.32 Å². The molecule has 0 aliphatic carbocycles. The van der Waals surface area contributed by atoms with E-state index in [0.717, 1.165) is 16.8 Å². The van der Waals surface area contributed by atoms with E-state index in [0.29, 0.717) is 5.69 Å². The molecule has 1 N–H and O–H groups in total. The number of anilines is 1. The maximum atomic E-state index is 13.3. The number of hydrogen-bond donors (Lipinski definition) is 1. The number of non-ortho nitro benzene ring substituents is 1. The van der Waals surface area contributed by atoms with Gasteiger partial charge in [0.2, 0.25) is 0 Å². The minimum absolute atomic E-state index is 0.139. The summed E-state index contributed by atoms with van der Waals surface area (Å²) in [5, 5.41) is 16.4. The highest BCUT2D eigenvalue weighted by atomic mass is 32.1. The standard InChI is InChI=1S/C12H12FN3O2S/c1-7-6-19-12(14-7)8(2)15-10-3-9(13)4-11(5-10)16(17)18/h3-6,8,15H,1-2H3. The van der Waals surface area contributed by atoms with Crippen molar-refractivity contribution in [1.29, 1.82) is 0 Å². The Morgan fingerprint density at radius 2 is 2.21 bits per heavy atom. The molecule has 0 saturated carbocycles. The van der Waals surface area contributed by atoms with Crippen LogP contribution in [0.15, 0.2) is 23.6 Å². The molecule has 0 aliphatic heterocycles. The summed E-state index contributed by atoms with van der Waals surface area (Å²) in [6, 6.07) is 3.29. The molecule has 0 bridgehead atoms. The molecule has 5 nitrogen and oxygen atoms in total. The number of halogens is 1. The first-order valence-corrected chi connectivity index (χ1v) is 6.47. The molecule has 1 unspecified atom stereocenters. The zero-order chi connectivity index (χ0) is 14.0. The number of aryl methyl sites for hydroxylation is 1. The molecular weight excluding hydrogens is 269 g/mol. The summed E-state index contributed by atoms with van der Waals surface area (Å²) in [5.41, 5.74) is 1.01. The Hall–Kier alpha value is -2.02. The largest absolute Gasteiger partial charge is 0.376 e. The van der Waals surface area contributed by atoms with Crippen molar-refractivity contribution >= 4 is 22.7 Å². The summed E-state index contributed by atoms with van der Waals surface area (Å²) < 4.78 is 13.3. The Bertz CT molecular complexity index is 615. The third-order valence-electron chi connectivity index (χ3n) is 2.48. The predicted molar refractivity (Wildman–Crippen MR) is 71.9 cm³/mol. The highest BCUT2D eigenvalue weighted by molar-refractivity contribution is 7.09. The van der Waals surface area contributed by atoms with Crippen molar-refractivity contribution in [1.82, 2.24) is 4.98 Å². The lowest BCUT2D eigenvalue weighted by molar-refractivity contribution is -0.385. The van der Waals surface area contributed by atoms with Crippen molar-refractivity contribution in [3.8, 4) is 0 Å². The van der Waals surface area contributed by atoms with Gasteiger partial charge in [-0.05, 0) is 19.9 Å². The third-order valence-corrected chi connectivity index (χ3v) is 3.63. The van der Waals surface area contributed by atoms with Gasteiger partial charge in [0.25, 0.3) is 5.69 Å². The number of thiazole rings is 1. The predicted octanol–water partition coefficient (Wildman–Crippen LogP) is 3.67. The number of nitro benzene ring substituents is 1. The molecule has 1 heterocycles. The van der Waals surface area contributed by atoms with Crippen LogP contribution in [-0.2, 0) is 0 Å². The van der Waals surface area contributed by atoms with E-state index in [1.54, 1.807) is 0 Å². The lowest BCUT2D eigenvalue weighted by Crippen LogP contribution is -2.07. The summed E-state index contributed by atoms with van der Waals surface area (Å²) in [6.45, 7) is 3.76. The van der Waals surface area contributed by atoms with Crippen LogP contribution in [0.4, 0.5) is 15.8 Å². The monoisotopic (exact) mass is 281 g/mol. The van der Waals surface area contributed by atoms with E-state index in [1.807, 2.05) is 19.2 Å². The van der Waals surface area contributed by atoms with Crippen molar-refractivity contribution in [3.05, 3.63) is 50.2 Å². The fraction of sp³-hybridized carbons (Fsp3) is 0.250. The van der Waals surface area contributed by atoms with Crippen molar-refractivity contribution in [2.45, 2.75) is 19.9 Å². The summed E-state index contributed by atoms with van der Waals surface area (Å²) in [5.74, 6) is -0.640. The number of nitrogens with one attached hydrogen (secondary N) is 1. The molecule has 100 valence electrons. The first-order chi connectivity index (χ1) is 8.95. The molecule has 2 aromatic rings. The van der Waals surface area contributed by atoms with Crippen molar-refractivity contribution in [2.75, 3.05) is 5.32 Å². The zero-order valence-electron chi connectivity index (χ0n) is 10.4. The number of rotatable bonds is 4. The molecule has 0 aliphatic rings. The quantitative estimate of drug-likeness (QED) is 0.685. The Labute approximate surface area is 113 Å². The van der Waals surface area contributed by atoms with Gasteiger partial charge in [0.15, 0.2) is 0 Å². The molecule has 0 radical (unpaired) electrons. The van der Waals surface area contributed by atoms with Crippen molar-refractivity contribution in [2.24, 2.45) is 0 Å². The Kier molecular flexibility index (Phi) is 3.75. The summed E-state index contributed by atoms with van der Waals surface area (Å²) >= 11 is 1.49. The fourth-order valence-corrected chi connectivity index (χ4v) is 2.45. The average Bonchev–Trinajstić information content (AvgIpc) is 2.75. The van der Waals surface area contributed by atoms with Gasteiger partial charge in [0.1, 0.15) is 10.8 Å².